The molecule has 4 fully saturated rings. The van der Waals surface area contributed by atoms with Crippen LogP contribution in [0.4, 0.5) is 0 Å². The van der Waals surface area contributed by atoms with Gasteiger partial charge in [-0.1, -0.05) is 24.3 Å². The van der Waals surface area contributed by atoms with Crippen LogP contribution in [-0.4, -0.2) is 20.8 Å². The minimum absolute atomic E-state index is 0.188. The number of nitrogens with zero attached hydrogens (tertiary/aromatic N) is 2. The molecule has 2 heterocycles. The number of fused-ring (bicyclic) bond motifs is 3. The molecule has 4 bridgehead atoms. The molecule has 3 nitrogen and oxygen atoms in total. The quantitative estimate of drug-likeness (QED) is 0.902. The van der Waals surface area contributed by atoms with E-state index in [-0.39, 0.29) is 17.6 Å². The molecular formula is C22H26N2O. The van der Waals surface area contributed by atoms with Gasteiger partial charge in [0.15, 0.2) is 0 Å². The van der Waals surface area contributed by atoms with Crippen molar-refractivity contribution in [1.29, 1.82) is 0 Å². The van der Waals surface area contributed by atoms with Crippen LogP contribution in [-0.2, 0) is 0 Å². The summed E-state index contributed by atoms with van der Waals surface area (Å²) in [6, 6.07) is 8.91. The van der Waals surface area contributed by atoms with Crippen molar-refractivity contribution in [2.24, 2.45) is 23.2 Å². The topological polar surface area (TPSA) is 38.1 Å². The summed E-state index contributed by atoms with van der Waals surface area (Å²) in [7, 11) is 0. The minimum Gasteiger partial charge on any atom is -0.392 e. The van der Waals surface area contributed by atoms with Crippen LogP contribution in [0.5, 0.6) is 0 Å². The Morgan fingerprint density at radius 2 is 1.76 bits per heavy atom. The van der Waals surface area contributed by atoms with Crippen molar-refractivity contribution in [2.75, 3.05) is 0 Å². The van der Waals surface area contributed by atoms with Crippen molar-refractivity contribution >= 4 is 0 Å². The molecule has 0 spiro atoms. The highest BCUT2D eigenvalue weighted by Crippen LogP contribution is 2.62. The van der Waals surface area contributed by atoms with Gasteiger partial charge < -0.3 is 9.67 Å². The first-order chi connectivity index (χ1) is 12.2. The van der Waals surface area contributed by atoms with Gasteiger partial charge in [-0.3, -0.25) is 0 Å². The van der Waals surface area contributed by atoms with Crippen LogP contribution in [0.2, 0.25) is 0 Å². The Morgan fingerprint density at radius 1 is 1.08 bits per heavy atom. The lowest BCUT2D eigenvalue weighted by molar-refractivity contribution is -0.124. The van der Waals surface area contributed by atoms with Gasteiger partial charge in [-0.05, 0) is 73.7 Å². The average Bonchev–Trinajstić information content (AvgIpc) is 3.17. The first-order valence-corrected chi connectivity index (χ1v) is 10.0. The Labute approximate surface area is 149 Å². The molecule has 1 N–H and O–H groups in total. The van der Waals surface area contributed by atoms with E-state index in [0.717, 1.165) is 24.2 Å². The molecule has 1 aromatic carbocycles. The van der Waals surface area contributed by atoms with E-state index < -0.39 is 0 Å². The monoisotopic (exact) mass is 334 g/mol. The molecule has 3 heteroatoms. The van der Waals surface area contributed by atoms with E-state index in [9.17, 15) is 5.11 Å². The zero-order valence-corrected chi connectivity index (χ0v) is 14.6. The van der Waals surface area contributed by atoms with Gasteiger partial charge in [0.25, 0.3) is 0 Å². The first-order valence-electron chi connectivity index (χ1n) is 10.0. The standard InChI is InChI=1S/C22H26N2O/c25-21(22-9-14-5-15(10-22)7-16(6-14)11-22)8-19-17-3-1-2-4-18(17)20-12-23-13-24(19)20/h1-4,12-16,19,21,25H,5-11H2/t14?,15?,16?,19-,21+,22?/m0/s1. The fourth-order valence-electron chi connectivity index (χ4n) is 7.22. The first kappa shape index (κ1) is 14.5. The molecule has 0 unspecified atom stereocenters. The zero-order chi connectivity index (χ0) is 16.6. The van der Waals surface area contributed by atoms with E-state index >= 15 is 0 Å². The largest absolute Gasteiger partial charge is 0.392 e. The van der Waals surface area contributed by atoms with Crippen LogP contribution in [0.1, 0.15) is 56.6 Å². The summed E-state index contributed by atoms with van der Waals surface area (Å²) in [4.78, 5) is 4.37. The normalized spacial score (nSPS) is 38.6. The Hall–Kier alpha value is -1.61. The number of benzene rings is 1. The van der Waals surface area contributed by atoms with Gasteiger partial charge in [0, 0.05) is 5.56 Å². The van der Waals surface area contributed by atoms with E-state index in [0.29, 0.717) is 0 Å². The summed E-state index contributed by atoms with van der Waals surface area (Å²) >= 11 is 0. The molecule has 7 rings (SSSR count). The van der Waals surface area contributed by atoms with Crippen LogP contribution in [0.15, 0.2) is 36.8 Å². The lowest BCUT2D eigenvalue weighted by Crippen LogP contribution is -2.52. The second-order valence-corrected chi connectivity index (χ2v) is 9.32. The highest BCUT2D eigenvalue weighted by molar-refractivity contribution is 5.68. The van der Waals surface area contributed by atoms with Crippen LogP contribution in [0.3, 0.4) is 0 Å². The van der Waals surface area contributed by atoms with E-state index in [1.165, 1.54) is 55.3 Å². The summed E-state index contributed by atoms with van der Waals surface area (Å²) in [6.45, 7) is 0. The summed E-state index contributed by atoms with van der Waals surface area (Å²) in [5, 5.41) is 11.4. The fourth-order valence-corrected chi connectivity index (χ4v) is 7.22. The molecule has 1 aliphatic heterocycles. The van der Waals surface area contributed by atoms with E-state index in [1.54, 1.807) is 0 Å². The third kappa shape index (κ3) is 1.99. The van der Waals surface area contributed by atoms with E-state index in [4.69, 9.17) is 0 Å². The Kier molecular flexibility index (Phi) is 2.89. The summed E-state index contributed by atoms with van der Waals surface area (Å²) in [5.41, 5.74) is 4.07. The van der Waals surface area contributed by atoms with Crippen LogP contribution in [0, 0.1) is 23.2 Å². The third-order valence-electron chi connectivity index (χ3n) is 7.84. The Balaban J connectivity index is 1.33. The van der Waals surface area contributed by atoms with Crippen molar-refractivity contribution in [3.05, 3.63) is 42.4 Å². The summed E-state index contributed by atoms with van der Waals surface area (Å²) < 4.78 is 2.29. The fraction of sp³-hybridized carbons (Fsp3) is 0.591. The molecule has 25 heavy (non-hydrogen) atoms. The Morgan fingerprint density at radius 3 is 2.48 bits per heavy atom. The zero-order valence-electron chi connectivity index (χ0n) is 14.6. The van der Waals surface area contributed by atoms with Crippen LogP contribution < -0.4 is 0 Å². The van der Waals surface area contributed by atoms with Gasteiger partial charge in [-0.25, -0.2) is 4.98 Å². The highest BCUT2D eigenvalue weighted by Gasteiger charge is 2.54. The lowest BCUT2D eigenvalue weighted by Gasteiger charge is -2.58. The van der Waals surface area contributed by atoms with Crippen molar-refractivity contribution in [1.82, 2.24) is 9.55 Å². The molecule has 4 saturated carbocycles. The number of rotatable bonds is 3. The van der Waals surface area contributed by atoms with Crippen molar-refractivity contribution in [2.45, 2.75) is 57.1 Å². The SMILES string of the molecule is O[C@H](C[C@H]1c2ccccc2-c2cncn21)C12CC3CC(CC(C3)C1)C2. The number of aliphatic hydroxyl groups is 1. The maximum Gasteiger partial charge on any atom is 0.0956 e. The molecule has 4 aliphatic carbocycles. The van der Waals surface area contributed by atoms with Gasteiger partial charge in [0.2, 0.25) is 0 Å². The number of hydrogen-bond donors (Lipinski definition) is 1. The Bertz CT molecular complexity index is 788. The number of aromatic nitrogens is 2. The van der Waals surface area contributed by atoms with Crippen molar-refractivity contribution in [3.63, 3.8) is 0 Å². The minimum atomic E-state index is -0.188. The molecule has 0 amide bonds. The number of imidazole rings is 1. The molecule has 1 aromatic heterocycles. The molecule has 0 saturated heterocycles. The maximum atomic E-state index is 11.4. The lowest BCUT2D eigenvalue weighted by atomic mass is 9.48. The summed E-state index contributed by atoms with van der Waals surface area (Å²) in [6.07, 6.45) is 12.7. The van der Waals surface area contributed by atoms with Crippen molar-refractivity contribution < 1.29 is 5.11 Å². The predicted octanol–water partition coefficient (Wildman–Crippen LogP) is 4.42. The van der Waals surface area contributed by atoms with Crippen molar-refractivity contribution in [3.8, 4) is 11.3 Å². The van der Waals surface area contributed by atoms with Gasteiger partial charge in [0.05, 0.1) is 30.4 Å². The van der Waals surface area contributed by atoms with Gasteiger partial charge in [0.1, 0.15) is 0 Å². The smallest absolute Gasteiger partial charge is 0.0956 e. The average molecular weight is 334 g/mol. The maximum absolute atomic E-state index is 11.4. The van der Waals surface area contributed by atoms with Crippen LogP contribution >= 0.6 is 0 Å². The molecule has 2 atom stereocenters. The molecule has 5 aliphatic rings. The van der Waals surface area contributed by atoms with Crippen LogP contribution in [0.25, 0.3) is 11.3 Å². The second-order valence-electron chi connectivity index (χ2n) is 9.32. The van der Waals surface area contributed by atoms with E-state index in [2.05, 4.69) is 33.8 Å². The van der Waals surface area contributed by atoms with Gasteiger partial charge in [-0.15, -0.1) is 0 Å². The van der Waals surface area contributed by atoms with Gasteiger partial charge in [-0.2, -0.15) is 0 Å². The molecule has 2 aromatic rings. The molecule has 130 valence electrons. The predicted molar refractivity (Wildman–Crippen MR) is 97.0 cm³/mol. The third-order valence-corrected chi connectivity index (χ3v) is 7.84. The highest BCUT2D eigenvalue weighted by atomic mass is 16.3. The second kappa shape index (κ2) is 4.97. The molecular weight excluding hydrogens is 308 g/mol. The van der Waals surface area contributed by atoms with E-state index in [1.807, 2.05) is 12.5 Å². The molecule has 0 radical (unpaired) electrons. The number of hydrogen-bond acceptors (Lipinski definition) is 2. The van der Waals surface area contributed by atoms with Gasteiger partial charge >= 0.3 is 0 Å². The number of aliphatic hydroxyl groups excluding tert-OH is 1. The summed E-state index contributed by atoms with van der Waals surface area (Å²) in [5.74, 6) is 2.67.